The van der Waals surface area contributed by atoms with Gasteiger partial charge < -0.3 is 10.1 Å². The number of benzene rings is 2. The number of carbonyl (C=O) groups excluding carboxylic acids is 3. The van der Waals surface area contributed by atoms with Crippen molar-refractivity contribution in [1.29, 1.82) is 0 Å². The Kier molecular flexibility index (Phi) is 6.34. The predicted octanol–water partition coefficient (Wildman–Crippen LogP) is 4.40. The summed E-state index contributed by atoms with van der Waals surface area (Å²) in [6, 6.07) is 17.3. The van der Waals surface area contributed by atoms with Gasteiger partial charge in [0.2, 0.25) is 11.7 Å². The molecule has 0 fully saturated rings. The normalized spacial score (nSPS) is 11.7. The van der Waals surface area contributed by atoms with Crippen molar-refractivity contribution < 1.29 is 19.1 Å². The number of hydrogen-bond acceptors (Lipinski definition) is 5. The van der Waals surface area contributed by atoms with Gasteiger partial charge in [0.25, 0.3) is 0 Å². The maximum absolute atomic E-state index is 12.6. The molecule has 3 aromatic rings. The molecule has 0 bridgehead atoms. The third-order valence-corrected chi connectivity index (χ3v) is 4.39. The van der Waals surface area contributed by atoms with E-state index in [2.05, 4.69) is 10.3 Å². The van der Waals surface area contributed by atoms with E-state index >= 15 is 0 Å². The summed E-state index contributed by atoms with van der Waals surface area (Å²) in [5.74, 6) is -1.05. The zero-order valence-electron chi connectivity index (χ0n) is 16.3. The van der Waals surface area contributed by atoms with Crippen LogP contribution in [0.25, 0.3) is 10.9 Å². The molecule has 3 rings (SSSR count). The van der Waals surface area contributed by atoms with Crippen molar-refractivity contribution >= 4 is 34.3 Å². The lowest BCUT2D eigenvalue weighted by molar-refractivity contribution is -0.116. The molecule has 6 heteroatoms. The molecule has 0 spiro atoms. The largest absolute Gasteiger partial charge is 0.450 e. The van der Waals surface area contributed by atoms with Crippen molar-refractivity contribution in [2.24, 2.45) is 0 Å². The van der Waals surface area contributed by atoms with Gasteiger partial charge in [0.05, 0.1) is 5.52 Å². The highest BCUT2D eigenvalue weighted by Gasteiger charge is 2.21. The quantitative estimate of drug-likeness (QED) is 0.477. The number of esters is 1. The molecule has 1 N–H and O–H groups in total. The SMILES string of the molecule is CCCC(=O)Nc1ccc(C(=O)[C@H](C)OC(=O)c2ccc3ccccc3n2)cc1. The lowest BCUT2D eigenvalue weighted by Gasteiger charge is -2.13. The summed E-state index contributed by atoms with van der Waals surface area (Å²) in [7, 11) is 0. The lowest BCUT2D eigenvalue weighted by Crippen LogP contribution is -2.25. The molecule has 2 aromatic carbocycles. The number of rotatable bonds is 7. The highest BCUT2D eigenvalue weighted by atomic mass is 16.5. The molecule has 0 unspecified atom stereocenters. The van der Waals surface area contributed by atoms with Crippen molar-refractivity contribution in [2.45, 2.75) is 32.8 Å². The number of nitrogens with zero attached hydrogens (tertiary/aromatic N) is 1. The van der Waals surface area contributed by atoms with Crippen LogP contribution < -0.4 is 5.32 Å². The highest BCUT2D eigenvalue weighted by Crippen LogP contribution is 2.15. The first-order valence-electron chi connectivity index (χ1n) is 9.49. The molecule has 6 nitrogen and oxygen atoms in total. The summed E-state index contributed by atoms with van der Waals surface area (Å²) < 4.78 is 5.31. The van der Waals surface area contributed by atoms with E-state index in [9.17, 15) is 14.4 Å². The molecule has 0 aliphatic carbocycles. The number of ether oxygens (including phenoxy) is 1. The fourth-order valence-electron chi connectivity index (χ4n) is 2.86. The van der Waals surface area contributed by atoms with Crippen LogP contribution in [0.15, 0.2) is 60.7 Å². The summed E-state index contributed by atoms with van der Waals surface area (Å²) in [6.07, 6.45) is 0.240. The number of hydrogen-bond donors (Lipinski definition) is 1. The molecule has 148 valence electrons. The number of para-hydroxylation sites is 1. The van der Waals surface area contributed by atoms with Gasteiger partial charge in [0, 0.05) is 23.1 Å². The number of ketones is 1. The van der Waals surface area contributed by atoms with Gasteiger partial charge in [-0.2, -0.15) is 0 Å². The molecule has 1 atom stereocenters. The van der Waals surface area contributed by atoms with Crippen LogP contribution in [0.1, 0.15) is 47.5 Å². The van der Waals surface area contributed by atoms with Gasteiger partial charge in [-0.05, 0) is 49.7 Å². The molecule has 0 aliphatic heterocycles. The molecule has 1 amide bonds. The van der Waals surface area contributed by atoms with Crippen molar-refractivity contribution in [3.63, 3.8) is 0 Å². The molecule has 0 saturated carbocycles. The highest BCUT2D eigenvalue weighted by molar-refractivity contribution is 6.02. The van der Waals surface area contributed by atoms with Crippen LogP contribution in [0, 0.1) is 0 Å². The maximum Gasteiger partial charge on any atom is 0.357 e. The Morgan fingerprint density at radius 1 is 1.00 bits per heavy atom. The Morgan fingerprint density at radius 2 is 1.72 bits per heavy atom. The first-order valence-corrected chi connectivity index (χ1v) is 9.49. The van der Waals surface area contributed by atoms with Gasteiger partial charge in [0.1, 0.15) is 5.69 Å². The fraction of sp³-hybridized carbons (Fsp3) is 0.217. The number of anilines is 1. The van der Waals surface area contributed by atoms with Crippen molar-refractivity contribution in [3.05, 3.63) is 71.9 Å². The predicted molar refractivity (Wildman–Crippen MR) is 111 cm³/mol. The number of pyridine rings is 1. The summed E-state index contributed by atoms with van der Waals surface area (Å²) >= 11 is 0. The monoisotopic (exact) mass is 390 g/mol. The minimum Gasteiger partial charge on any atom is -0.450 e. The van der Waals surface area contributed by atoms with E-state index in [0.29, 0.717) is 23.2 Å². The van der Waals surface area contributed by atoms with Crippen LogP contribution >= 0.6 is 0 Å². The molecule has 1 aromatic heterocycles. The zero-order valence-corrected chi connectivity index (χ0v) is 16.3. The minimum absolute atomic E-state index is 0.0724. The summed E-state index contributed by atoms with van der Waals surface area (Å²) in [5, 5.41) is 3.68. The van der Waals surface area contributed by atoms with E-state index < -0.39 is 12.1 Å². The molecule has 29 heavy (non-hydrogen) atoms. The van der Waals surface area contributed by atoms with Gasteiger partial charge in [0.15, 0.2) is 6.10 Å². The van der Waals surface area contributed by atoms with Crippen LogP contribution in [-0.2, 0) is 9.53 Å². The smallest absolute Gasteiger partial charge is 0.357 e. The van der Waals surface area contributed by atoms with E-state index in [0.717, 1.165) is 11.8 Å². The molecule has 0 radical (unpaired) electrons. The van der Waals surface area contributed by atoms with Crippen LogP contribution in [0.3, 0.4) is 0 Å². The third-order valence-electron chi connectivity index (χ3n) is 4.39. The second-order valence-corrected chi connectivity index (χ2v) is 6.68. The second kappa shape index (κ2) is 9.10. The maximum atomic E-state index is 12.6. The Balaban J connectivity index is 1.64. The summed E-state index contributed by atoms with van der Waals surface area (Å²) in [5.41, 5.74) is 1.84. The number of Topliss-reactive ketones (excluding diaryl/α,β-unsaturated/α-hetero) is 1. The molecule has 0 saturated heterocycles. The van der Waals surface area contributed by atoms with Crippen molar-refractivity contribution in [1.82, 2.24) is 4.98 Å². The van der Waals surface area contributed by atoms with E-state index in [1.807, 2.05) is 31.2 Å². The van der Waals surface area contributed by atoms with Gasteiger partial charge in [-0.3, -0.25) is 9.59 Å². The number of nitrogens with one attached hydrogen (secondary N) is 1. The fourth-order valence-corrected chi connectivity index (χ4v) is 2.86. The van der Waals surface area contributed by atoms with Crippen LogP contribution in [-0.4, -0.2) is 28.7 Å². The minimum atomic E-state index is -0.962. The summed E-state index contributed by atoms with van der Waals surface area (Å²) in [4.78, 5) is 40.9. The van der Waals surface area contributed by atoms with Gasteiger partial charge in [-0.1, -0.05) is 31.2 Å². The number of amides is 1. The van der Waals surface area contributed by atoms with E-state index in [-0.39, 0.29) is 17.4 Å². The standard InChI is InChI=1S/C23H22N2O4/c1-3-6-21(26)24-18-12-9-17(10-13-18)22(27)15(2)29-23(28)20-14-11-16-7-4-5-8-19(16)25-20/h4-5,7-15H,3,6H2,1-2H3,(H,24,26)/t15-/m0/s1. The van der Waals surface area contributed by atoms with E-state index in [1.165, 1.54) is 6.92 Å². The number of aromatic nitrogens is 1. The first-order chi connectivity index (χ1) is 14.0. The van der Waals surface area contributed by atoms with E-state index in [4.69, 9.17) is 4.74 Å². The third kappa shape index (κ3) is 5.04. The Morgan fingerprint density at radius 3 is 2.45 bits per heavy atom. The Bertz CT molecular complexity index is 1040. The van der Waals surface area contributed by atoms with Crippen LogP contribution in [0.2, 0.25) is 0 Å². The average molecular weight is 390 g/mol. The lowest BCUT2D eigenvalue weighted by atomic mass is 10.1. The molecule has 1 heterocycles. The van der Waals surface area contributed by atoms with E-state index in [1.54, 1.807) is 36.4 Å². The van der Waals surface area contributed by atoms with Gasteiger partial charge >= 0.3 is 5.97 Å². The zero-order chi connectivity index (χ0) is 20.8. The number of carbonyl (C=O) groups is 3. The van der Waals surface area contributed by atoms with Crippen LogP contribution in [0.5, 0.6) is 0 Å². The molecular formula is C23H22N2O4. The number of fused-ring (bicyclic) bond motifs is 1. The van der Waals surface area contributed by atoms with Crippen molar-refractivity contribution in [3.8, 4) is 0 Å². The molecular weight excluding hydrogens is 368 g/mol. The molecule has 0 aliphatic rings. The van der Waals surface area contributed by atoms with Crippen LogP contribution in [0.4, 0.5) is 5.69 Å². The van der Waals surface area contributed by atoms with Gasteiger partial charge in [-0.25, -0.2) is 9.78 Å². The summed E-state index contributed by atoms with van der Waals surface area (Å²) in [6.45, 7) is 3.45. The second-order valence-electron chi connectivity index (χ2n) is 6.68. The average Bonchev–Trinajstić information content (AvgIpc) is 2.73. The Hall–Kier alpha value is -3.54. The topological polar surface area (TPSA) is 85.4 Å². The first kappa shape index (κ1) is 20.2. The van der Waals surface area contributed by atoms with Gasteiger partial charge in [-0.15, -0.1) is 0 Å². The van der Waals surface area contributed by atoms with Crippen molar-refractivity contribution in [2.75, 3.05) is 5.32 Å². The Labute approximate surface area is 168 Å².